The summed E-state index contributed by atoms with van der Waals surface area (Å²) >= 11 is 0. The Morgan fingerprint density at radius 3 is 2.08 bits per heavy atom. The van der Waals surface area contributed by atoms with Crippen molar-refractivity contribution >= 4 is 0 Å². The molecule has 1 N–H and O–H groups in total. The summed E-state index contributed by atoms with van der Waals surface area (Å²) in [6, 6.07) is 0. The van der Waals surface area contributed by atoms with Crippen molar-refractivity contribution in [3.63, 3.8) is 0 Å². The molecule has 2 rings (SSSR count). The molecule has 0 amide bonds. The summed E-state index contributed by atoms with van der Waals surface area (Å²) < 4.78 is 11.3. The molecular weight excluding hydrogens is 166 g/mol. The van der Waals surface area contributed by atoms with E-state index in [1.807, 2.05) is 13.8 Å². The van der Waals surface area contributed by atoms with Gasteiger partial charge < -0.3 is 14.8 Å². The molecule has 13 heavy (non-hydrogen) atoms. The molecule has 78 valence electrons. The van der Waals surface area contributed by atoms with Crippen LogP contribution >= 0.6 is 0 Å². The standard InChI is InChI=1S/C8H15NO2.C2H6/c1-6-10-8(11-7-1)2-4-9-5-3-8;1-2/h9H,1-7H2;1-2H3. The highest BCUT2D eigenvalue weighted by atomic mass is 16.7. The summed E-state index contributed by atoms with van der Waals surface area (Å²) in [5.41, 5.74) is 0. The van der Waals surface area contributed by atoms with Gasteiger partial charge in [-0.1, -0.05) is 13.8 Å². The van der Waals surface area contributed by atoms with E-state index >= 15 is 0 Å². The first-order valence-corrected chi connectivity index (χ1v) is 5.40. The van der Waals surface area contributed by atoms with Crippen LogP contribution in [0, 0.1) is 0 Å². The van der Waals surface area contributed by atoms with Crippen molar-refractivity contribution < 1.29 is 9.47 Å². The van der Waals surface area contributed by atoms with Crippen LogP contribution in [-0.4, -0.2) is 32.1 Å². The van der Waals surface area contributed by atoms with E-state index in [1.165, 1.54) is 0 Å². The summed E-state index contributed by atoms with van der Waals surface area (Å²) in [4.78, 5) is 0. The number of ether oxygens (including phenoxy) is 2. The van der Waals surface area contributed by atoms with E-state index in [0.717, 1.165) is 45.6 Å². The van der Waals surface area contributed by atoms with E-state index in [1.54, 1.807) is 0 Å². The summed E-state index contributed by atoms with van der Waals surface area (Å²) in [5.74, 6) is -0.205. The second-order valence-electron chi connectivity index (χ2n) is 3.21. The van der Waals surface area contributed by atoms with E-state index in [2.05, 4.69) is 5.32 Å². The van der Waals surface area contributed by atoms with Crippen molar-refractivity contribution in [2.75, 3.05) is 26.3 Å². The maximum absolute atomic E-state index is 5.64. The smallest absolute Gasteiger partial charge is 0.170 e. The normalized spacial score (nSPS) is 26.3. The van der Waals surface area contributed by atoms with Gasteiger partial charge in [0.1, 0.15) is 0 Å². The molecule has 0 bridgehead atoms. The quantitative estimate of drug-likeness (QED) is 0.624. The van der Waals surface area contributed by atoms with Gasteiger partial charge in [-0.25, -0.2) is 0 Å². The van der Waals surface area contributed by atoms with Gasteiger partial charge in [0.25, 0.3) is 0 Å². The fourth-order valence-corrected chi connectivity index (χ4v) is 1.71. The van der Waals surface area contributed by atoms with Crippen LogP contribution in [0.5, 0.6) is 0 Å². The molecule has 3 nitrogen and oxygen atoms in total. The zero-order valence-corrected chi connectivity index (χ0v) is 8.77. The maximum atomic E-state index is 5.64. The molecule has 2 aliphatic rings. The number of piperidine rings is 1. The van der Waals surface area contributed by atoms with E-state index in [4.69, 9.17) is 9.47 Å². The summed E-state index contributed by atoms with van der Waals surface area (Å²) in [7, 11) is 0. The van der Waals surface area contributed by atoms with Crippen molar-refractivity contribution in [1.82, 2.24) is 5.32 Å². The Morgan fingerprint density at radius 1 is 1.00 bits per heavy atom. The molecule has 0 atom stereocenters. The molecule has 0 aromatic heterocycles. The highest BCUT2D eigenvalue weighted by Gasteiger charge is 2.35. The van der Waals surface area contributed by atoms with Crippen LogP contribution in [0.3, 0.4) is 0 Å². The predicted octanol–water partition coefficient (Wildman–Crippen LogP) is 1.53. The highest BCUT2D eigenvalue weighted by Crippen LogP contribution is 2.27. The lowest BCUT2D eigenvalue weighted by Crippen LogP contribution is -2.48. The first kappa shape index (κ1) is 11.0. The van der Waals surface area contributed by atoms with E-state index in [9.17, 15) is 0 Å². The van der Waals surface area contributed by atoms with Crippen molar-refractivity contribution in [3.8, 4) is 0 Å². The summed E-state index contributed by atoms with van der Waals surface area (Å²) in [5, 5.41) is 3.30. The molecule has 0 aromatic carbocycles. The minimum Gasteiger partial charge on any atom is -0.350 e. The average molecular weight is 187 g/mol. The number of nitrogens with one attached hydrogen (secondary N) is 1. The molecule has 3 heteroatoms. The maximum Gasteiger partial charge on any atom is 0.170 e. The fourth-order valence-electron chi connectivity index (χ4n) is 1.71. The van der Waals surface area contributed by atoms with Gasteiger partial charge in [0.05, 0.1) is 13.2 Å². The van der Waals surface area contributed by atoms with Crippen molar-refractivity contribution in [1.29, 1.82) is 0 Å². The van der Waals surface area contributed by atoms with Crippen LogP contribution < -0.4 is 5.32 Å². The van der Waals surface area contributed by atoms with E-state index in [-0.39, 0.29) is 5.79 Å². The predicted molar refractivity (Wildman–Crippen MR) is 52.7 cm³/mol. The molecule has 2 aliphatic heterocycles. The first-order valence-electron chi connectivity index (χ1n) is 5.40. The molecule has 1 spiro atoms. The average Bonchev–Trinajstić information content (AvgIpc) is 2.23. The molecule has 0 aromatic rings. The van der Waals surface area contributed by atoms with Crippen LogP contribution in [0.1, 0.15) is 33.1 Å². The van der Waals surface area contributed by atoms with Gasteiger partial charge in [-0.3, -0.25) is 0 Å². The Hall–Kier alpha value is -0.120. The second-order valence-corrected chi connectivity index (χ2v) is 3.21. The SMILES string of the molecule is C1COC2(CCNCC2)OC1.CC. The molecule has 2 heterocycles. The van der Waals surface area contributed by atoms with Crippen LogP contribution in [0.25, 0.3) is 0 Å². The lowest BCUT2D eigenvalue weighted by atomic mass is 10.0. The molecular formula is C10H21NO2. The van der Waals surface area contributed by atoms with Gasteiger partial charge in [-0.15, -0.1) is 0 Å². The van der Waals surface area contributed by atoms with Gasteiger partial charge in [-0.05, 0) is 6.42 Å². The highest BCUT2D eigenvalue weighted by molar-refractivity contribution is 4.79. The van der Waals surface area contributed by atoms with Gasteiger partial charge in [0.2, 0.25) is 0 Å². The summed E-state index contributed by atoms with van der Waals surface area (Å²) in [6.45, 7) is 7.81. The van der Waals surface area contributed by atoms with E-state index in [0.29, 0.717) is 0 Å². The third-order valence-electron chi connectivity index (χ3n) is 2.38. The number of rotatable bonds is 0. The Morgan fingerprint density at radius 2 is 1.54 bits per heavy atom. The molecule has 0 unspecified atom stereocenters. The largest absolute Gasteiger partial charge is 0.350 e. The van der Waals surface area contributed by atoms with E-state index < -0.39 is 0 Å². The molecule has 2 saturated heterocycles. The van der Waals surface area contributed by atoms with Gasteiger partial charge in [-0.2, -0.15) is 0 Å². The van der Waals surface area contributed by atoms with Crippen molar-refractivity contribution in [2.24, 2.45) is 0 Å². The minimum absolute atomic E-state index is 0.205. The number of hydrogen-bond acceptors (Lipinski definition) is 3. The summed E-state index contributed by atoms with van der Waals surface area (Å²) in [6.07, 6.45) is 3.06. The Balaban J connectivity index is 0.000000396. The monoisotopic (exact) mass is 187 g/mol. The lowest BCUT2D eigenvalue weighted by Gasteiger charge is -2.40. The Labute approximate surface area is 80.8 Å². The molecule has 2 fully saturated rings. The van der Waals surface area contributed by atoms with Gasteiger partial charge >= 0.3 is 0 Å². The molecule has 0 saturated carbocycles. The Bertz CT molecular complexity index is 107. The Kier molecular flexibility index (Phi) is 4.70. The zero-order valence-electron chi connectivity index (χ0n) is 8.77. The number of hydrogen-bond donors (Lipinski definition) is 1. The fraction of sp³-hybridized carbons (Fsp3) is 1.00. The molecule has 0 aliphatic carbocycles. The minimum atomic E-state index is -0.205. The van der Waals surface area contributed by atoms with Crippen molar-refractivity contribution in [2.45, 2.75) is 38.9 Å². The molecule has 0 radical (unpaired) electrons. The van der Waals surface area contributed by atoms with Crippen LogP contribution in [0.15, 0.2) is 0 Å². The third-order valence-corrected chi connectivity index (χ3v) is 2.38. The van der Waals surface area contributed by atoms with Crippen molar-refractivity contribution in [3.05, 3.63) is 0 Å². The van der Waals surface area contributed by atoms with Gasteiger partial charge in [0, 0.05) is 25.9 Å². The zero-order chi connectivity index (χ0) is 9.57. The van der Waals surface area contributed by atoms with Gasteiger partial charge in [0.15, 0.2) is 5.79 Å². The lowest BCUT2D eigenvalue weighted by molar-refractivity contribution is -0.276. The topological polar surface area (TPSA) is 30.5 Å². The third kappa shape index (κ3) is 2.93. The first-order chi connectivity index (χ1) is 6.41. The second kappa shape index (κ2) is 5.58. The van der Waals surface area contributed by atoms with Crippen LogP contribution in [-0.2, 0) is 9.47 Å². The van der Waals surface area contributed by atoms with Crippen LogP contribution in [0.4, 0.5) is 0 Å². The van der Waals surface area contributed by atoms with Crippen LogP contribution in [0.2, 0.25) is 0 Å².